The number of ether oxygens (including phenoxy) is 1. The molecule has 5 nitrogen and oxygen atoms in total. The lowest BCUT2D eigenvalue weighted by Crippen LogP contribution is -2.35. The van der Waals surface area contributed by atoms with Crippen molar-refractivity contribution in [3.63, 3.8) is 0 Å². The molecule has 1 aliphatic heterocycles. The quantitative estimate of drug-likeness (QED) is 0.503. The average molecular weight is 459 g/mol. The molecule has 2 N–H and O–H groups in total. The largest absolute Gasteiger partial charge is 0.485 e. The van der Waals surface area contributed by atoms with E-state index in [9.17, 15) is 9.59 Å². The lowest BCUT2D eigenvalue weighted by molar-refractivity contribution is -0.118. The zero-order valence-electron chi connectivity index (χ0n) is 18.0. The van der Waals surface area contributed by atoms with Gasteiger partial charge in [-0.2, -0.15) is 0 Å². The maximum Gasteiger partial charge on any atom is 0.268 e. The van der Waals surface area contributed by atoms with Gasteiger partial charge in [0.1, 0.15) is 17.6 Å². The molecule has 3 aromatic rings. The van der Waals surface area contributed by atoms with Crippen molar-refractivity contribution in [2.24, 2.45) is 0 Å². The van der Waals surface area contributed by atoms with Crippen molar-refractivity contribution in [3.05, 3.63) is 118 Å². The Hall–Kier alpha value is -3.83. The number of carbonyl (C=O) groups is 2. The van der Waals surface area contributed by atoms with Gasteiger partial charge in [-0.15, -0.1) is 0 Å². The molecule has 0 saturated carbocycles. The van der Waals surface area contributed by atoms with Crippen molar-refractivity contribution in [3.8, 4) is 5.75 Å². The van der Waals surface area contributed by atoms with Crippen LogP contribution >= 0.6 is 11.6 Å². The number of hydrogen-bond donors (Lipinski definition) is 2. The summed E-state index contributed by atoms with van der Waals surface area (Å²) in [5, 5.41) is 6.16. The van der Waals surface area contributed by atoms with Gasteiger partial charge in [-0.3, -0.25) is 9.59 Å². The molecular weight excluding hydrogens is 436 g/mol. The molecule has 1 unspecified atom stereocenters. The van der Waals surface area contributed by atoms with E-state index in [1.165, 1.54) is 0 Å². The van der Waals surface area contributed by atoms with Gasteiger partial charge in [0.25, 0.3) is 11.8 Å². The molecule has 0 spiro atoms. The normalized spacial score (nSPS) is 15.0. The molecule has 4 rings (SSSR count). The molecule has 0 radical (unpaired) electrons. The van der Waals surface area contributed by atoms with Crippen LogP contribution in [0.15, 0.2) is 96.2 Å². The fourth-order valence-corrected chi connectivity index (χ4v) is 3.54. The number of amides is 2. The first kappa shape index (κ1) is 22.4. The molecule has 166 valence electrons. The van der Waals surface area contributed by atoms with Gasteiger partial charge >= 0.3 is 0 Å². The minimum absolute atomic E-state index is 0.131. The predicted octanol–water partition coefficient (Wildman–Crippen LogP) is 5.13. The zero-order chi connectivity index (χ0) is 23.2. The number of benzene rings is 3. The monoisotopic (exact) mass is 458 g/mol. The Labute approximate surface area is 197 Å². The van der Waals surface area contributed by atoms with Crippen LogP contribution in [0.3, 0.4) is 0 Å². The third-order valence-corrected chi connectivity index (χ3v) is 5.47. The summed E-state index contributed by atoms with van der Waals surface area (Å²) in [4.78, 5) is 25.9. The maximum absolute atomic E-state index is 13.1. The fourth-order valence-electron chi connectivity index (χ4n) is 3.42. The molecule has 0 bridgehead atoms. The molecule has 1 heterocycles. The van der Waals surface area contributed by atoms with Crippen LogP contribution in [0.25, 0.3) is 6.08 Å². The number of fused-ring (bicyclic) bond motifs is 1. The SMILES string of the molecule is CC1Oc2ccccc2C=C1/C=C(\NC(=O)c1ccc(Cl)cc1)C(=O)NCc1ccccc1. The Balaban J connectivity index is 1.61. The van der Waals surface area contributed by atoms with E-state index in [0.717, 1.165) is 22.4 Å². The number of para-hydroxylation sites is 1. The molecule has 0 fully saturated rings. The first-order valence-electron chi connectivity index (χ1n) is 10.6. The van der Waals surface area contributed by atoms with E-state index in [2.05, 4.69) is 10.6 Å². The van der Waals surface area contributed by atoms with E-state index in [1.807, 2.05) is 67.6 Å². The van der Waals surface area contributed by atoms with Crippen LogP contribution in [0.5, 0.6) is 5.75 Å². The van der Waals surface area contributed by atoms with Crippen LogP contribution in [0, 0.1) is 0 Å². The number of rotatable bonds is 6. The number of hydrogen-bond acceptors (Lipinski definition) is 3. The van der Waals surface area contributed by atoms with Gasteiger partial charge in [0.2, 0.25) is 0 Å². The predicted molar refractivity (Wildman–Crippen MR) is 130 cm³/mol. The highest BCUT2D eigenvalue weighted by Gasteiger charge is 2.21. The van der Waals surface area contributed by atoms with Gasteiger partial charge in [0.15, 0.2) is 0 Å². The first-order chi connectivity index (χ1) is 16.0. The zero-order valence-corrected chi connectivity index (χ0v) is 18.8. The van der Waals surface area contributed by atoms with Gasteiger partial charge in [-0.05, 0) is 60.5 Å². The van der Waals surface area contributed by atoms with Crippen molar-refractivity contribution in [2.45, 2.75) is 19.6 Å². The molecule has 1 aliphatic rings. The van der Waals surface area contributed by atoms with E-state index in [0.29, 0.717) is 17.1 Å². The van der Waals surface area contributed by atoms with Crippen molar-refractivity contribution in [1.29, 1.82) is 0 Å². The fraction of sp³-hybridized carbons (Fsp3) is 0.111. The maximum atomic E-state index is 13.1. The van der Waals surface area contributed by atoms with Crippen LogP contribution in [-0.4, -0.2) is 17.9 Å². The number of halogens is 1. The highest BCUT2D eigenvalue weighted by molar-refractivity contribution is 6.30. The van der Waals surface area contributed by atoms with Crippen molar-refractivity contribution >= 4 is 29.5 Å². The van der Waals surface area contributed by atoms with E-state index in [-0.39, 0.29) is 11.8 Å². The molecule has 1 atom stereocenters. The van der Waals surface area contributed by atoms with Gasteiger partial charge in [0, 0.05) is 22.7 Å². The van der Waals surface area contributed by atoms with Gasteiger partial charge in [-0.25, -0.2) is 0 Å². The van der Waals surface area contributed by atoms with Crippen molar-refractivity contribution in [2.75, 3.05) is 0 Å². The molecule has 6 heteroatoms. The van der Waals surface area contributed by atoms with Crippen LogP contribution in [0.4, 0.5) is 0 Å². The van der Waals surface area contributed by atoms with Crippen molar-refractivity contribution < 1.29 is 14.3 Å². The van der Waals surface area contributed by atoms with Crippen LogP contribution in [0.1, 0.15) is 28.4 Å². The highest BCUT2D eigenvalue weighted by atomic mass is 35.5. The lowest BCUT2D eigenvalue weighted by Gasteiger charge is -2.23. The second-order valence-corrected chi connectivity index (χ2v) is 8.07. The summed E-state index contributed by atoms with van der Waals surface area (Å²) >= 11 is 5.93. The smallest absolute Gasteiger partial charge is 0.268 e. The minimum Gasteiger partial charge on any atom is -0.485 e. The van der Waals surface area contributed by atoms with Crippen molar-refractivity contribution in [1.82, 2.24) is 10.6 Å². The topological polar surface area (TPSA) is 67.4 Å². The van der Waals surface area contributed by atoms with E-state index < -0.39 is 11.8 Å². The summed E-state index contributed by atoms with van der Waals surface area (Å²) in [6, 6.07) is 23.7. The first-order valence-corrected chi connectivity index (χ1v) is 11.0. The van der Waals surface area contributed by atoms with Crippen LogP contribution in [0.2, 0.25) is 5.02 Å². The Kier molecular flexibility index (Phi) is 6.91. The van der Waals surface area contributed by atoms with Crippen LogP contribution < -0.4 is 15.4 Å². The molecular formula is C27H23ClN2O3. The molecule has 3 aromatic carbocycles. The molecule has 2 amide bonds. The summed E-state index contributed by atoms with van der Waals surface area (Å²) in [5.41, 5.74) is 3.17. The summed E-state index contributed by atoms with van der Waals surface area (Å²) in [6.45, 7) is 2.24. The van der Waals surface area contributed by atoms with Gasteiger partial charge in [0.05, 0.1) is 0 Å². The Morgan fingerprint density at radius 3 is 2.42 bits per heavy atom. The molecule has 0 aromatic heterocycles. The summed E-state index contributed by atoms with van der Waals surface area (Å²) in [5.74, 6) is -0.0197. The lowest BCUT2D eigenvalue weighted by atomic mass is 10.0. The summed E-state index contributed by atoms with van der Waals surface area (Å²) in [6.07, 6.45) is 3.33. The minimum atomic E-state index is -0.404. The molecule has 0 saturated heterocycles. The third-order valence-electron chi connectivity index (χ3n) is 5.22. The Bertz CT molecular complexity index is 1220. The summed E-state index contributed by atoms with van der Waals surface area (Å²) in [7, 11) is 0. The molecule has 33 heavy (non-hydrogen) atoms. The average Bonchev–Trinajstić information content (AvgIpc) is 2.83. The van der Waals surface area contributed by atoms with E-state index in [1.54, 1.807) is 30.3 Å². The number of carbonyl (C=O) groups excluding carboxylic acids is 2. The Morgan fingerprint density at radius 2 is 1.67 bits per heavy atom. The third kappa shape index (κ3) is 5.70. The second kappa shape index (κ2) is 10.2. The Morgan fingerprint density at radius 1 is 0.970 bits per heavy atom. The standard InChI is InChI=1S/C27H23ClN2O3/c1-18-22(15-21-9-5-6-10-25(21)33-18)16-24(27(32)29-17-19-7-3-2-4-8-19)30-26(31)20-11-13-23(28)14-12-20/h2-16,18H,17H2,1H3,(H,29,32)(H,30,31)/b24-16-. The van der Waals surface area contributed by atoms with E-state index in [4.69, 9.17) is 16.3 Å². The highest BCUT2D eigenvalue weighted by Crippen LogP contribution is 2.30. The van der Waals surface area contributed by atoms with Gasteiger partial charge in [-0.1, -0.05) is 60.1 Å². The molecule has 0 aliphatic carbocycles. The van der Waals surface area contributed by atoms with Gasteiger partial charge < -0.3 is 15.4 Å². The summed E-state index contributed by atoms with van der Waals surface area (Å²) < 4.78 is 5.99. The van der Waals surface area contributed by atoms with Crippen LogP contribution in [-0.2, 0) is 11.3 Å². The number of nitrogens with one attached hydrogen (secondary N) is 2. The van der Waals surface area contributed by atoms with E-state index >= 15 is 0 Å². The second-order valence-electron chi connectivity index (χ2n) is 7.63.